The average Bonchev–Trinajstić information content (AvgIpc) is 4.09. The van der Waals surface area contributed by atoms with Crippen molar-refractivity contribution in [3.8, 4) is 21.6 Å². The number of carbonyl (C=O) groups is 5. The molecule has 2 aromatic heterocycles. The van der Waals surface area contributed by atoms with Gasteiger partial charge in [0.05, 0.1) is 44.7 Å². The van der Waals surface area contributed by atoms with E-state index in [0.717, 1.165) is 33.8 Å². The molecule has 4 N–H and O–H groups in total. The minimum Gasteiger partial charge on any atom is -0.391 e. The number of hydrogen-bond acceptors (Lipinski definition) is 13. The van der Waals surface area contributed by atoms with E-state index in [1.54, 1.807) is 21.7 Å². The van der Waals surface area contributed by atoms with E-state index in [-0.39, 0.29) is 84.8 Å². The summed E-state index contributed by atoms with van der Waals surface area (Å²) in [6, 6.07) is 10.3. The third kappa shape index (κ3) is 14.5. The van der Waals surface area contributed by atoms with Crippen molar-refractivity contribution >= 4 is 58.2 Å². The summed E-state index contributed by atoms with van der Waals surface area (Å²) in [6.07, 6.45) is -1.06. The van der Waals surface area contributed by atoms with Crippen LogP contribution in [0.3, 0.4) is 0 Å². The monoisotopic (exact) mass is 1140 g/mol. The number of hydrogen-bond donors (Lipinski definition) is 4. The molecule has 0 spiro atoms. The first kappa shape index (κ1) is 60.0. The number of carbonyl (C=O) groups excluding carboxylic acids is 5. The normalized spacial score (nSPS) is 19.4. The zero-order valence-electron chi connectivity index (χ0n) is 46.6. The lowest BCUT2D eigenvalue weighted by molar-refractivity contribution is -0.144. The number of likely N-dealkylation sites (N-methyl/N-ethyl adjacent to an activating group) is 1. The molecule has 3 saturated heterocycles. The van der Waals surface area contributed by atoms with E-state index in [1.165, 1.54) is 29.4 Å². The van der Waals surface area contributed by atoms with Crippen LogP contribution >= 0.6 is 11.3 Å². The van der Waals surface area contributed by atoms with Gasteiger partial charge in [-0.1, -0.05) is 51.5 Å². The number of rotatable bonds is 17. The van der Waals surface area contributed by atoms with Crippen molar-refractivity contribution in [3.63, 3.8) is 0 Å². The van der Waals surface area contributed by atoms with Crippen LogP contribution in [0.25, 0.3) is 21.6 Å². The van der Waals surface area contributed by atoms with E-state index in [2.05, 4.69) is 35.8 Å². The molecule has 81 heavy (non-hydrogen) atoms. The van der Waals surface area contributed by atoms with Gasteiger partial charge in [0.1, 0.15) is 23.7 Å². The van der Waals surface area contributed by atoms with E-state index in [1.807, 2.05) is 82.7 Å². The summed E-state index contributed by atoms with van der Waals surface area (Å²) >= 11 is 1.55. The number of aliphatic hydroxyl groups is 1. The number of thiazole rings is 1. The van der Waals surface area contributed by atoms with Crippen LogP contribution in [-0.2, 0) is 31.9 Å². The summed E-state index contributed by atoms with van der Waals surface area (Å²) in [6.45, 7) is 14.1. The topological polar surface area (TPSA) is 197 Å². The molecule has 0 radical (unpaired) electrons. The molecular formula is C58H70F5N11O6S. The second-order valence-electron chi connectivity index (χ2n) is 22.4. The summed E-state index contributed by atoms with van der Waals surface area (Å²) in [4.78, 5) is 91.2. The number of alkyl halides is 3. The minimum absolute atomic E-state index is 0.0149. The fraction of sp³-hybridized carbons (Fsp3) is 0.483. The maximum atomic E-state index is 16.2. The highest BCUT2D eigenvalue weighted by atomic mass is 32.1. The Morgan fingerprint density at radius 3 is 2.11 bits per heavy atom. The number of nitrogens with one attached hydrogen (secondary N) is 3. The zero-order valence-corrected chi connectivity index (χ0v) is 47.4. The molecule has 5 heterocycles. The molecule has 5 aromatic rings. The highest BCUT2D eigenvalue weighted by Crippen LogP contribution is 2.38. The summed E-state index contributed by atoms with van der Waals surface area (Å²) in [5.41, 5.74) is 2.20. The Bertz CT molecular complexity index is 3060. The molecule has 0 saturated carbocycles. The Kier molecular flexibility index (Phi) is 18.8. The maximum absolute atomic E-state index is 16.2. The molecule has 3 aromatic carbocycles. The molecule has 0 bridgehead atoms. The lowest BCUT2D eigenvalue weighted by Crippen LogP contribution is -2.57. The largest absolute Gasteiger partial charge is 0.417 e. The van der Waals surface area contributed by atoms with Crippen molar-refractivity contribution in [3.05, 3.63) is 107 Å². The van der Waals surface area contributed by atoms with Crippen molar-refractivity contribution in [2.75, 3.05) is 68.0 Å². The lowest BCUT2D eigenvalue weighted by atomic mass is 9.85. The Labute approximate surface area is 472 Å². The standard InChI is InChI=1S/C58H70F5N11O6S/c1-34-30-73(31-35(2)70(34)7)47-26-45(60)43(25-46(47)68-53(78)42-18-17-40(59)23-44(42)58(61,62)63)39-28-65-56(66-29-39)72-21-19-71(20-22-72)50(77)12-10-8-9-11-49(76)69-52(57(4,5)6)55(80)74-32-41(75)24-48(74)54(79)64-27-37-13-15-38(16-14-37)51-36(3)67-33-81-51/h13-18,23,25-26,28-29,33-35,41,48,52,75H,8-12,19-22,24,27,30-32H2,1-7H3,(H,64,79)(H,68,78)(H,69,76)/t34-,35+,41-,48+,52?/m1/s1. The van der Waals surface area contributed by atoms with E-state index < -0.39 is 70.3 Å². The number of unbranched alkanes of at least 4 members (excludes halogenated alkanes) is 2. The number of aromatic nitrogens is 3. The molecule has 0 aliphatic carbocycles. The van der Waals surface area contributed by atoms with E-state index in [9.17, 15) is 46.6 Å². The Morgan fingerprint density at radius 2 is 1.48 bits per heavy atom. The number of nitrogens with zero attached hydrogens (tertiary/aromatic N) is 8. The van der Waals surface area contributed by atoms with E-state index in [0.29, 0.717) is 64.5 Å². The van der Waals surface area contributed by atoms with Gasteiger partial charge in [-0.3, -0.25) is 28.9 Å². The molecular weight excluding hydrogens is 1070 g/mol. The van der Waals surface area contributed by atoms with Crippen LogP contribution in [0, 0.1) is 24.0 Å². The molecule has 3 aliphatic rings. The fourth-order valence-electron chi connectivity index (χ4n) is 10.6. The first-order valence-electron chi connectivity index (χ1n) is 27.2. The van der Waals surface area contributed by atoms with Gasteiger partial charge in [0, 0.05) is 107 Å². The highest BCUT2D eigenvalue weighted by Gasteiger charge is 2.45. The predicted molar refractivity (Wildman–Crippen MR) is 299 cm³/mol. The Balaban J connectivity index is 0.806. The molecule has 8 rings (SSSR count). The second kappa shape index (κ2) is 25.4. The van der Waals surface area contributed by atoms with Crippen molar-refractivity contribution in [2.45, 2.75) is 123 Å². The molecule has 1 unspecified atom stereocenters. The van der Waals surface area contributed by atoms with Crippen LogP contribution in [0.5, 0.6) is 0 Å². The van der Waals surface area contributed by atoms with Gasteiger partial charge in [0.25, 0.3) is 5.91 Å². The number of halogens is 5. The van der Waals surface area contributed by atoms with Gasteiger partial charge in [-0.15, -0.1) is 11.3 Å². The smallest absolute Gasteiger partial charge is 0.391 e. The maximum Gasteiger partial charge on any atom is 0.417 e. The summed E-state index contributed by atoms with van der Waals surface area (Å²) in [5, 5.41) is 19.0. The van der Waals surface area contributed by atoms with Crippen LogP contribution in [0.2, 0.25) is 0 Å². The molecule has 5 atom stereocenters. The number of piperazine rings is 2. The molecule has 3 fully saturated rings. The van der Waals surface area contributed by atoms with Gasteiger partial charge in [0.2, 0.25) is 29.6 Å². The number of anilines is 3. The van der Waals surface area contributed by atoms with E-state index >= 15 is 4.39 Å². The molecule has 5 amide bonds. The van der Waals surface area contributed by atoms with Crippen molar-refractivity contribution in [1.82, 2.24) is 40.3 Å². The number of aryl methyl sites for hydroxylation is 1. The quantitative estimate of drug-likeness (QED) is 0.0517. The van der Waals surface area contributed by atoms with Crippen LogP contribution in [0.1, 0.15) is 100 Å². The van der Waals surface area contributed by atoms with Crippen molar-refractivity contribution in [2.24, 2.45) is 5.41 Å². The van der Waals surface area contributed by atoms with Gasteiger partial charge in [-0.25, -0.2) is 23.7 Å². The summed E-state index contributed by atoms with van der Waals surface area (Å²) in [5.74, 6) is -3.88. The average molecular weight is 1140 g/mol. The fourth-order valence-corrected chi connectivity index (χ4v) is 11.4. The number of likely N-dealkylation sites (tertiary alicyclic amines) is 1. The number of aliphatic hydroxyl groups excluding tert-OH is 1. The van der Waals surface area contributed by atoms with Gasteiger partial charge in [0.15, 0.2) is 0 Å². The third-order valence-corrected chi connectivity index (χ3v) is 16.4. The van der Waals surface area contributed by atoms with Gasteiger partial charge in [-0.05, 0) is 87.5 Å². The van der Waals surface area contributed by atoms with Gasteiger partial charge in [-0.2, -0.15) is 13.2 Å². The molecule has 434 valence electrons. The first-order chi connectivity index (χ1) is 38.4. The van der Waals surface area contributed by atoms with Crippen LogP contribution < -0.4 is 25.8 Å². The Morgan fingerprint density at radius 1 is 0.815 bits per heavy atom. The predicted octanol–water partition coefficient (Wildman–Crippen LogP) is 8.06. The lowest BCUT2D eigenvalue weighted by Gasteiger charge is -2.44. The zero-order chi connectivity index (χ0) is 58.5. The third-order valence-electron chi connectivity index (χ3n) is 15.4. The molecule has 23 heteroatoms. The number of benzene rings is 3. The van der Waals surface area contributed by atoms with Crippen LogP contribution in [0.15, 0.2) is 72.5 Å². The number of β-amino-alcohol motifs (C(OH)–C–C–N with tert-alkyl or cyclic N) is 1. The summed E-state index contributed by atoms with van der Waals surface area (Å²) < 4.78 is 72.1. The second-order valence-corrected chi connectivity index (χ2v) is 23.3. The van der Waals surface area contributed by atoms with Gasteiger partial charge < -0.3 is 40.7 Å². The van der Waals surface area contributed by atoms with Crippen LogP contribution in [-0.4, -0.2) is 147 Å². The van der Waals surface area contributed by atoms with Crippen molar-refractivity contribution in [1.29, 1.82) is 0 Å². The van der Waals surface area contributed by atoms with E-state index in [4.69, 9.17) is 0 Å². The molecule has 17 nitrogen and oxygen atoms in total. The summed E-state index contributed by atoms with van der Waals surface area (Å²) in [7, 11) is 1.96. The Hall–Kier alpha value is -7.11. The van der Waals surface area contributed by atoms with Gasteiger partial charge >= 0.3 is 6.18 Å². The first-order valence-corrected chi connectivity index (χ1v) is 28.1. The number of amides is 5. The molecule has 3 aliphatic heterocycles. The SMILES string of the molecule is Cc1ncsc1-c1ccc(CNC(=O)[C@@H]2C[C@@H](O)CN2C(=O)C(NC(=O)CCCCCC(=O)N2CCN(c3ncc(-c4cc(NC(=O)c5ccc(F)cc5C(F)(F)F)c(N5C[C@@H](C)N(C)[C@@H](C)C5)cc4F)cn3)CC2)C(C)(C)C)cc1. The van der Waals surface area contributed by atoms with Crippen LogP contribution in [0.4, 0.5) is 39.3 Å². The highest BCUT2D eigenvalue weighted by molar-refractivity contribution is 7.13. The van der Waals surface area contributed by atoms with Crippen molar-refractivity contribution < 1.29 is 51.0 Å². The minimum atomic E-state index is -5.03.